The van der Waals surface area contributed by atoms with Crippen LogP contribution >= 0.6 is 0 Å². The van der Waals surface area contributed by atoms with E-state index in [1.807, 2.05) is 23.1 Å². The fraction of sp³-hybridized carbons (Fsp3) is 0.389. The highest BCUT2D eigenvalue weighted by molar-refractivity contribution is 5.73. The molecule has 0 unspecified atom stereocenters. The van der Waals surface area contributed by atoms with E-state index in [1.165, 1.54) is 0 Å². The van der Waals surface area contributed by atoms with Crippen LogP contribution < -0.4 is 10.2 Å². The molecule has 27 heavy (non-hydrogen) atoms. The number of carbonyl (C=O) groups excluding carboxylic acids is 1. The number of aromatic nitrogens is 3. The Morgan fingerprint density at radius 3 is 2.59 bits per heavy atom. The second-order valence-electron chi connectivity index (χ2n) is 6.21. The SMILES string of the molecule is CC(=O)N1CCN(c2cc(NCCC(=O)O)nc(-c3ccccn3)n2)CC1. The summed E-state index contributed by atoms with van der Waals surface area (Å²) in [7, 11) is 0. The van der Waals surface area contributed by atoms with Crippen LogP contribution in [0.5, 0.6) is 0 Å². The first-order chi connectivity index (χ1) is 13.0. The zero-order valence-corrected chi connectivity index (χ0v) is 15.1. The van der Waals surface area contributed by atoms with E-state index in [-0.39, 0.29) is 18.9 Å². The van der Waals surface area contributed by atoms with Crippen molar-refractivity contribution in [2.75, 3.05) is 42.9 Å². The molecule has 3 heterocycles. The third-order valence-electron chi connectivity index (χ3n) is 4.30. The molecule has 0 atom stereocenters. The van der Waals surface area contributed by atoms with E-state index in [2.05, 4.69) is 25.2 Å². The number of hydrogen-bond acceptors (Lipinski definition) is 7. The van der Waals surface area contributed by atoms with Crippen LogP contribution in [0.1, 0.15) is 13.3 Å². The van der Waals surface area contributed by atoms with Gasteiger partial charge in [-0.15, -0.1) is 0 Å². The van der Waals surface area contributed by atoms with Crippen LogP contribution in [0.15, 0.2) is 30.5 Å². The number of aliphatic carboxylic acids is 1. The Labute approximate surface area is 157 Å². The minimum absolute atomic E-state index is 0.00442. The molecule has 0 aliphatic carbocycles. The number of carboxylic acids is 1. The van der Waals surface area contributed by atoms with Gasteiger partial charge in [-0.2, -0.15) is 0 Å². The third-order valence-corrected chi connectivity index (χ3v) is 4.30. The zero-order valence-electron chi connectivity index (χ0n) is 15.1. The number of piperazine rings is 1. The number of hydrogen-bond donors (Lipinski definition) is 2. The van der Waals surface area contributed by atoms with Crippen molar-refractivity contribution in [3.05, 3.63) is 30.5 Å². The number of carboxylic acid groups (broad SMARTS) is 1. The number of nitrogens with one attached hydrogen (secondary N) is 1. The van der Waals surface area contributed by atoms with Gasteiger partial charge in [0.05, 0.1) is 6.42 Å². The molecule has 2 aromatic rings. The molecule has 1 fully saturated rings. The Hall–Kier alpha value is -3.23. The van der Waals surface area contributed by atoms with Crippen molar-refractivity contribution in [1.29, 1.82) is 0 Å². The molecule has 0 saturated carbocycles. The lowest BCUT2D eigenvalue weighted by molar-refractivity contribution is -0.136. The normalized spacial score (nSPS) is 14.1. The fourth-order valence-corrected chi connectivity index (χ4v) is 2.84. The van der Waals surface area contributed by atoms with E-state index in [9.17, 15) is 9.59 Å². The van der Waals surface area contributed by atoms with Crippen LogP contribution in [0.3, 0.4) is 0 Å². The molecule has 2 N–H and O–H groups in total. The molecular formula is C18H22N6O3. The fourth-order valence-electron chi connectivity index (χ4n) is 2.84. The first-order valence-electron chi connectivity index (χ1n) is 8.79. The molecule has 9 nitrogen and oxygen atoms in total. The molecule has 1 aliphatic rings. The summed E-state index contributed by atoms with van der Waals surface area (Å²) < 4.78 is 0. The topological polar surface area (TPSA) is 112 Å². The van der Waals surface area contributed by atoms with Gasteiger partial charge in [0.25, 0.3) is 0 Å². The summed E-state index contributed by atoms with van der Waals surface area (Å²) in [5, 5.41) is 11.9. The summed E-state index contributed by atoms with van der Waals surface area (Å²) in [6.07, 6.45) is 1.67. The van der Waals surface area contributed by atoms with Gasteiger partial charge < -0.3 is 20.2 Å². The molecule has 1 aliphatic heterocycles. The molecule has 1 saturated heterocycles. The van der Waals surface area contributed by atoms with Crippen molar-refractivity contribution in [1.82, 2.24) is 19.9 Å². The van der Waals surface area contributed by atoms with Crippen LogP contribution in [-0.4, -0.2) is 69.6 Å². The highest BCUT2D eigenvalue weighted by atomic mass is 16.4. The van der Waals surface area contributed by atoms with Crippen LogP contribution in [0.2, 0.25) is 0 Å². The highest BCUT2D eigenvalue weighted by Crippen LogP contribution is 2.22. The largest absolute Gasteiger partial charge is 0.481 e. The first-order valence-corrected chi connectivity index (χ1v) is 8.79. The summed E-state index contributed by atoms with van der Waals surface area (Å²) in [6.45, 7) is 4.47. The summed E-state index contributed by atoms with van der Waals surface area (Å²) in [5.74, 6) is 0.951. The van der Waals surface area contributed by atoms with Crippen molar-refractivity contribution < 1.29 is 14.7 Å². The van der Waals surface area contributed by atoms with E-state index in [4.69, 9.17) is 5.11 Å². The van der Waals surface area contributed by atoms with E-state index in [0.29, 0.717) is 43.5 Å². The Kier molecular flexibility index (Phi) is 5.80. The van der Waals surface area contributed by atoms with Gasteiger partial charge >= 0.3 is 5.97 Å². The first kappa shape index (κ1) is 18.6. The predicted molar refractivity (Wildman–Crippen MR) is 100 cm³/mol. The average molecular weight is 370 g/mol. The minimum Gasteiger partial charge on any atom is -0.481 e. The summed E-state index contributed by atoms with van der Waals surface area (Å²) >= 11 is 0. The Morgan fingerprint density at radius 2 is 1.96 bits per heavy atom. The summed E-state index contributed by atoms with van der Waals surface area (Å²) in [5.41, 5.74) is 0.642. The van der Waals surface area contributed by atoms with E-state index < -0.39 is 5.97 Å². The van der Waals surface area contributed by atoms with Gasteiger partial charge in [-0.05, 0) is 12.1 Å². The van der Waals surface area contributed by atoms with Gasteiger partial charge in [0, 0.05) is 51.9 Å². The molecule has 1 amide bonds. The standard InChI is InChI=1S/C18H22N6O3/c1-13(25)23-8-10-24(11-9-23)16-12-15(20-7-5-17(26)27)21-18(22-16)14-4-2-3-6-19-14/h2-4,6,12H,5,7-11H2,1H3,(H,26,27)(H,20,21,22). The number of amides is 1. The van der Waals surface area contributed by atoms with Gasteiger partial charge in [0.1, 0.15) is 17.3 Å². The molecule has 0 spiro atoms. The van der Waals surface area contributed by atoms with Crippen molar-refractivity contribution in [3.8, 4) is 11.5 Å². The van der Waals surface area contributed by atoms with E-state index in [0.717, 1.165) is 5.82 Å². The van der Waals surface area contributed by atoms with Crippen LogP contribution in [0, 0.1) is 0 Å². The van der Waals surface area contributed by atoms with Crippen molar-refractivity contribution in [2.24, 2.45) is 0 Å². The molecule has 142 valence electrons. The number of anilines is 2. The summed E-state index contributed by atoms with van der Waals surface area (Å²) in [6, 6.07) is 7.31. The lowest BCUT2D eigenvalue weighted by Gasteiger charge is -2.35. The van der Waals surface area contributed by atoms with E-state index >= 15 is 0 Å². The third kappa shape index (κ3) is 4.90. The van der Waals surface area contributed by atoms with Crippen LogP contribution in [-0.2, 0) is 9.59 Å². The van der Waals surface area contributed by atoms with Crippen molar-refractivity contribution >= 4 is 23.5 Å². The monoisotopic (exact) mass is 370 g/mol. The number of nitrogens with zero attached hydrogens (tertiary/aromatic N) is 5. The lowest BCUT2D eigenvalue weighted by atomic mass is 10.3. The Bertz CT molecular complexity index is 806. The van der Waals surface area contributed by atoms with Gasteiger partial charge in [0.2, 0.25) is 5.91 Å². The van der Waals surface area contributed by atoms with Crippen LogP contribution in [0.25, 0.3) is 11.5 Å². The minimum atomic E-state index is -0.873. The predicted octanol–water partition coefficient (Wildman–Crippen LogP) is 1.09. The maximum Gasteiger partial charge on any atom is 0.305 e. The van der Waals surface area contributed by atoms with Crippen molar-refractivity contribution in [2.45, 2.75) is 13.3 Å². The van der Waals surface area contributed by atoms with E-state index in [1.54, 1.807) is 19.2 Å². The van der Waals surface area contributed by atoms with Crippen LogP contribution in [0.4, 0.5) is 11.6 Å². The zero-order chi connectivity index (χ0) is 19.2. The number of rotatable bonds is 6. The maximum atomic E-state index is 11.5. The molecule has 0 bridgehead atoms. The van der Waals surface area contributed by atoms with Crippen molar-refractivity contribution in [3.63, 3.8) is 0 Å². The smallest absolute Gasteiger partial charge is 0.305 e. The molecular weight excluding hydrogens is 348 g/mol. The number of carbonyl (C=O) groups is 2. The van der Waals surface area contributed by atoms with Gasteiger partial charge in [0.15, 0.2) is 5.82 Å². The summed E-state index contributed by atoms with van der Waals surface area (Å²) in [4.78, 5) is 39.6. The van der Waals surface area contributed by atoms with Gasteiger partial charge in [-0.25, -0.2) is 9.97 Å². The molecule has 9 heteroatoms. The molecule has 0 aromatic carbocycles. The molecule has 3 rings (SSSR count). The average Bonchev–Trinajstić information content (AvgIpc) is 2.68. The number of pyridine rings is 1. The lowest BCUT2D eigenvalue weighted by Crippen LogP contribution is -2.48. The highest BCUT2D eigenvalue weighted by Gasteiger charge is 2.21. The maximum absolute atomic E-state index is 11.5. The molecule has 0 radical (unpaired) electrons. The Balaban J connectivity index is 1.83. The second-order valence-corrected chi connectivity index (χ2v) is 6.21. The van der Waals surface area contributed by atoms with Gasteiger partial charge in [-0.3, -0.25) is 14.6 Å². The second kappa shape index (κ2) is 8.43. The van der Waals surface area contributed by atoms with Gasteiger partial charge in [-0.1, -0.05) is 6.07 Å². The Morgan fingerprint density at radius 1 is 1.19 bits per heavy atom. The molecule has 2 aromatic heterocycles. The quantitative estimate of drug-likeness (QED) is 0.777.